The van der Waals surface area contributed by atoms with Gasteiger partial charge in [0.15, 0.2) is 6.61 Å². The Kier molecular flexibility index (Phi) is 6.71. The van der Waals surface area contributed by atoms with Gasteiger partial charge in [0.25, 0.3) is 5.91 Å². The summed E-state index contributed by atoms with van der Waals surface area (Å²) in [6.07, 6.45) is 0. The standard InChI is InChI=1S/C17H14ClF2NO4/c18-11-4-6-12(7-5-11)24-9-8-21-15(22)10-25-17(23)16-13(19)2-1-3-14(16)20/h1-7H,8-10H2,(H,21,22). The molecule has 132 valence electrons. The summed E-state index contributed by atoms with van der Waals surface area (Å²) in [7, 11) is 0. The summed E-state index contributed by atoms with van der Waals surface area (Å²) in [6.45, 7) is -0.316. The third-order valence-corrected chi connectivity index (χ3v) is 3.26. The first-order valence-corrected chi connectivity index (χ1v) is 7.61. The number of benzene rings is 2. The van der Waals surface area contributed by atoms with Crippen LogP contribution in [0.1, 0.15) is 10.4 Å². The Balaban J connectivity index is 1.70. The van der Waals surface area contributed by atoms with Crippen LogP contribution in [0.25, 0.3) is 0 Å². The van der Waals surface area contributed by atoms with Gasteiger partial charge in [0, 0.05) is 5.02 Å². The largest absolute Gasteiger partial charge is 0.492 e. The summed E-state index contributed by atoms with van der Waals surface area (Å²) in [4.78, 5) is 23.2. The van der Waals surface area contributed by atoms with Gasteiger partial charge < -0.3 is 14.8 Å². The molecule has 0 saturated carbocycles. The first-order valence-electron chi connectivity index (χ1n) is 7.23. The summed E-state index contributed by atoms with van der Waals surface area (Å²) < 4.78 is 36.7. The van der Waals surface area contributed by atoms with Crippen molar-refractivity contribution in [2.75, 3.05) is 19.8 Å². The Bertz CT molecular complexity index is 733. The van der Waals surface area contributed by atoms with Crippen LogP contribution < -0.4 is 10.1 Å². The van der Waals surface area contributed by atoms with Gasteiger partial charge in [-0.1, -0.05) is 17.7 Å². The number of carbonyl (C=O) groups excluding carboxylic acids is 2. The molecule has 8 heteroatoms. The molecule has 0 unspecified atom stereocenters. The molecule has 0 spiro atoms. The van der Waals surface area contributed by atoms with Crippen molar-refractivity contribution in [2.45, 2.75) is 0 Å². The fraction of sp³-hybridized carbons (Fsp3) is 0.176. The van der Waals surface area contributed by atoms with Crippen molar-refractivity contribution in [3.05, 3.63) is 64.7 Å². The van der Waals surface area contributed by atoms with Crippen LogP contribution in [0.2, 0.25) is 5.02 Å². The van der Waals surface area contributed by atoms with Gasteiger partial charge in [-0.2, -0.15) is 0 Å². The number of carbonyl (C=O) groups is 2. The van der Waals surface area contributed by atoms with Crippen LogP contribution in [-0.4, -0.2) is 31.6 Å². The molecule has 0 saturated heterocycles. The third-order valence-electron chi connectivity index (χ3n) is 3.01. The average Bonchev–Trinajstić information content (AvgIpc) is 2.58. The number of nitrogens with one attached hydrogen (secondary N) is 1. The molecule has 25 heavy (non-hydrogen) atoms. The van der Waals surface area contributed by atoms with E-state index in [0.717, 1.165) is 18.2 Å². The van der Waals surface area contributed by atoms with Gasteiger partial charge in [0.2, 0.25) is 0 Å². The second kappa shape index (κ2) is 8.98. The first kappa shape index (κ1) is 18.7. The van der Waals surface area contributed by atoms with Gasteiger partial charge in [-0.25, -0.2) is 13.6 Å². The van der Waals surface area contributed by atoms with E-state index in [1.54, 1.807) is 24.3 Å². The third kappa shape index (κ3) is 5.72. The SMILES string of the molecule is O=C(COC(=O)c1c(F)cccc1F)NCCOc1ccc(Cl)cc1. The minimum atomic E-state index is -1.25. The Hall–Kier alpha value is -2.67. The van der Waals surface area contributed by atoms with Gasteiger partial charge in [-0.3, -0.25) is 4.79 Å². The number of rotatable bonds is 7. The molecule has 2 rings (SSSR count). The van der Waals surface area contributed by atoms with Crippen molar-refractivity contribution in [2.24, 2.45) is 0 Å². The zero-order valence-electron chi connectivity index (χ0n) is 12.9. The quantitative estimate of drug-likeness (QED) is 0.602. The lowest BCUT2D eigenvalue weighted by atomic mass is 10.2. The molecule has 0 aliphatic carbocycles. The molecule has 0 aromatic heterocycles. The van der Waals surface area contributed by atoms with E-state index in [1.165, 1.54) is 0 Å². The Labute approximate surface area is 147 Å². The molecule has 0 aliphatic rings. The molecule has 0 heterocycles. The number of hydrogen-bond acceptors (Lipinski definition) is 4. The van der Waals surface area contributed by atoms with Crippen LogP contribution in [-0.2, 0) is 9.53 Å². The van der Waals surface area contributed by atoms with Gasteiger partial charge in [-0.05, 0) is 36.4 Å². The molecule has 2 aromatic rings. The van der Waals surface area contributed by atoms with Crippen LogP contribution in [0.4, 0.5) is 8.78 Å². The summed E-state index contributed by atoms with van der Waals surface area (Å²) in [6, 6.07) is 9.65. The zero-order valence-corrected chi connectivity index (χ0v) is 13.7. The predicted molar refractivity (Wildman–Crippen MR) is 86.6 cm³/mol. The molecule has 0 aliphatic heterocycles. The topological polar surface area (TPSA) is 64.6 Å². The van der Waals surface area contributed by atoms with E-state index in [-0.39, 0.29) is 13.2 Å². The van der Waals surface area contributed by atoms with Crippen molar-refractivity contribution in [1.29, 1.82) is 0 Å². The highest BCUT2D eigenvalue weighted by Crippen LogP contribution is 2.15. The van der Waals surface area contributed by atoms with E-state index in [1.807, 2.05) is 0 Å². The maximum absolute atomic E-state index is 13.4. The van der Waals surface area contributed by atoms with Crippen LogP contribution in [0.3, 0.4) is 0 Å². The second-order valence-electron chi connectivity index (χ2n) is 4.83. The van der Waals surface area contributed by atoms with Crippen LogP contribution in [0, 0.1) is 11.6 Å². The normalized spacial score (nSPS) is 10.2. The molecule has 0 atom stereocenters. The van der Waals surface area contributed by atoms with E-state index >= 15 is 0 Å². The Morgan fingerprint density at radius 2 is 1.68 bits per heavy atom. The van der Waals surface area contributed by atoms with Crippen LogP contribution in [0.15, 0.2) is 42.5 Å². The fourth-order valence-electron chi connectivity index (χ4n) is 1.84. The van der Waals surface area contributed by atoms with E-state index in [4.69, 9.17) is 16.3 Å². The molecule has 2 aromatic carbocycles. The van der Waals surface area contributed by atoms with E-state index < -0.39 is 35.7 Å². The van der Waals surface area contributed by atoms with E-state index in [9.17, 15) is 18.4 Å². The van der Waals surface area contributed by atoms with E-state index in [2.05, 4.69) is 10.1 Å². The summed E-state index contributed by atoms with van der Waals surface area (Å²) in [5.41, 5.74) is -0.832. The lowest BCUT2D eigenvalue weighted by Gasteiger charge is -2.09. The minimum Gasteiger partial charge on any atom is -0.492 e. The highest BCUT2D eigenvalue weighted by molar-refractivity contribution is 6.30. The number of hydrogen-bond donors (Lipinski definition) is 1. The predicted octanol–water partition coefficient (Wildman–Crippen LogP) is 2.97. The van der Waals surface area contributed by atoms with E-state index in [0.29, 0.717) is 10.8 Å². The number of esters is 1. The maximum Gasteiger partial charge on any atom is 0.344 e. The number of halogens is 3. The zero-order chi connectivity index (χ0) is 18.2. The smallest absolute Gasteiger partial charge is 0.344 e. The molecule has 0 bridgehead atoms. The fourth-order valence-corrected chi connectivity index (χ4v) is 1.96. The molecule has 0 fully saturated rings. The Morgan fingerprint density at radius 1 is 1.04 bits per heavy atom. The van der Waals surface area contributed by atoms with Crippen LogP contribution >= 0.6 is 11.6 Å². The summed E-state index contributed by atoms with van der Waals surface area (Å²) in [5.74, 6) is -3.39. The Morgan fingerprint density at radius 3 is 2.32 bits per heavy atom. The molecule has 0 radical (unpaired) electrons. The van der Waals surface area contributed by atoms with Crippen molar-refractivity contribution in [1.82, 2.24) is 5.32 Å². The van der Waals surface area contributed by atoms with Gasteiger partial charge in [-0.15, -0.1) is 0 Å². The second-order valence-corrected chi connectivity index (χ2v) is 5.26. The minimum absolute atomic E-state index is 0.160. The highest BCUT2D eigenvalue weighted by Gasteiger charge is 2.19. The molecule has 1 amide bonds. The highest BCUT2D eigenvalue weighted by atomic mass is 35.5. The van der Waals surface area contributed by atoms with Gasteiger partial charge >= 0.3 is 5.97 Å². The van der Waals surface area contributed by atoms with Crippen LogP contribution in [0.5, 0.6) is 5.75 Å². The maximum atomic E-state index is 13.4. The molecule has 5 nitrogen and oxygen atoms in total. The lowest BCUT2D eigenvalue weighted by Crippen LogP contribution is -2.32. The summed E-state index contributed by atoms with van der Waals surface area (Å²) in [5, 5.41) is 3.02. The lowest BCUT2D eigenvalue weighted by molar-refractivity contribution is -0.124. The average molecular weight is 370 g/mol. The monoisotopic (exact) mass is 369 g/mol. The van der Waals surface area contributed by atoms with Crippen molar-refractivity contribution in [3.8, 4) is 5.75 Å². The van der Waals surface area contributed by atoms with Crippen molar-refractivity contribution >= 4 is 23.5 Å². The van der Waals surface area contributed by atoms with Gasteiger partial charge in [0.05, 0.1) is 6.54 Å². The molecular weight excluding hydrogens is 356 g/mol. The van der Waals surface area contributed by atoms with Gasteiger partial charge in [0.1, 0.15) is 29.6 Å². The van der Waals surface area contributed by atoms with Crippen molar-refractivity contribution in [3.63, 3.8) is 0 Å². The molecule has 1 N–H and O–H groups in total. The summed E-state index contributed by atoms with van der Waals surface area (Å²) >= 11 is 5.74. The first-order chi connectivity index (χ1) is 12.0. The number of ether oxygens (including phenoxy) is 2. The number of amides is 1. The van der Waals surface area contributed by atoms with Crippen molar-refractivity contribution < 1.29 is 27.8 Å². The molecular formula is C17H14ClF2NO4.